The Balaban J connectivity index is 2.29. The lowest BCUT2D eigenvalue weighted by Crippen LogP contribution is -2.21. The fourth-order valence-corrected chi connectivity index (χ4v) is 1.95. The van der Waals surface area contributed by atoms with E-state index in [2.05, 4.69) is 50.2 Å². The Morgan fingerprint density at radius 1 is 1.16 bits per heavy atom. The topological polar surface area (TPSA) is 49.8 Å². The maximum Gasteiger partial charge on any atom is 0.138 e. The molecule has 2 N–H and O–H groups in total. The first-order chi connectivity index (χ1) is 8.75. The van der Waals surface area contributed by atoms with Gasteiger partial charge in [0, 0.05) is 24.6 Å². The predicted molar refractivity (Wildman–Crippen MR) is 80.8 cm³/mol. The van der Waals surface area contributed by atoms with Gasteiger partial charge in [-0.2, -0.15) is 0 Å². The predicted octanol–water partition coefficient (Wildman–Crippen LogP) is 3.34. The summed E-state index contributed by atoms with van der Waals surface area (Å²) >= 11 is 0. The number of anilines is 2. The summed E-state index contributed by atoms with van der Waals surface area (Å²) in [5.74, 6) is 2.77. The van der Waals surface area contributed by atoms with Gasteiger partial charge in [-0.15, -0.1) is 0 Å². The lowest BCUT2D eigenvalue weighted by molar-refractivity contribution is 0.544. The zero-order chi connectivity index (χ0) is 14.3. The normalized spacial score (nSPS) is 17.2. The van der Waals surface area contributed by atoms with Crippen molar-refractivity contribution in [2.45, 2.75) is 52.9 Å². The monoisotopic (exact) mass is 262 g/mol. The summed E-state index contributed by atoms with van der Waals surface area (Å²) in [7, 11) is 1.91. The fourth-order valence-electron chi connectivity index (χ4n) is 1.95. The Morgan fingerprint density at radius 3 is 2.21 bits per heavy atom. The highest BCUT2D eigenvalue weighted by atomic mass is 15.1. The summed E-state index contributed by atoms with van der Waals surface area (Å²) in [4.78, 5) is 9.34. The second-order valence-electron chi connectivity index (χ2n) is 7.03. The molecule has 0 amide bonds. The van der Waals surface area contributed by atoms with Gasteiger partial charge < -0.3 is 10.6 Å². The van der Waals surface area contributed by atoms with Crippen LogP contribution < -0.4 is 10.6 Å². The number of hydrogen-bond acceptors (Lipinski definition) is 4. The van der Waals surface area contributed by atoms with E-state index < -0.39 is 0 Å². The van der Waals surface area contributed by atoms with Crippen LogP contribution in [-0.4, -0.2) is 23.6 Å². The Labute approximate surface area is 116 Å². The standard InChI is InChI=1S/C15H26N4/c1-10-11(16-6)18-13(14(2,3)4)19-12(10)17-9-15(5)7-8-15/h7-9H2,1-6H3,(H2,16,17,18,19). The van der Waals surface area contributed by atoms with Gasteiger partial charge in [0.15, 0.2) is 0 Å². The van der Waals surface area contributed by atoms with E-state index in [1.807, 2.05) is 7.05 Å². The van der Waals surface area contributed by atoms with E-state index in [4.69, 9.17) is 4.98 Å². The van der Waals surface area contributed by atoms with Gasteiger partial charge >= 0.3 is 0 Å². The molecular weight excluding hydrogens is 236 g/mol. The average Bonchev–Trinajstić information content (AvgIpc) is 3.05. The third kappa shape index (κ3) is 3.17. The maximum atomic E-state index is 4.72. The van der Waals surface area contributed by atoms with Gasteiger partial charge in [0.2, 0.25) is 0 Å². The van der Waals surface area contributed by atoms with Crippen LogP contribution >= 0.6 is 0 Å². The van der Waals surface area contributed by atoms with Crippen LogP contribution in [0.4, 0.5) is 11.6 Å². The summed E-state index contributed by atoms with van der Waals surface area (Å²) in [5, 5.41) is 6.68. The van der Waals surface area contributed by atoms with E-state index in [-0.39, 0.29) is 5.41 Å². The minimum absolute atomic E-state index is 0.0424. The Kier molecular flexibility index (Phi) is 3.45. The first-order valence-electron chi connectivity index (χ1n) is 7.06. The van der Waals surface area contributed by atoms with Crippen LogP contribution in [0.3, 0.4) is 0 Å². The summed E-state index contributed by atoms with van der Waals surface area (Å²) in [6.07, 6.45) is 2.63. The quantitative estimate of drug-likeness (QED) is 0.874. The molecule has 0 unspecified atom stereocenters. The van der Waals surface area contributed by atoms with Gasteiger partial charge in [-0.1, -0.05) is 27.7 Å². The molecule has 1 aliphatic rings. The van der Waals surface area contributed by atoms with Crippen molar-refractivity contribution in [1.82, 2.24) is 9.97 Å². The van der Waals surface area contributed by atoms with Crippen LogP contribution in [0.2, 0.25) is 0 Å². The smallest absolute Gasteiger partial charge is 0.138 e. The molecule has 1 aromatic rings. The minimum Gasteiger partial charge on any atom is -0.373 e. The molecule has 1 fully saturated rings. The highest BCUT2D eigenvalue weighted by molar-refractivity contribution is 5.57. The van der Waals surface area contributed by atoms with Crippen molar-refractivity contribution >= 4 is 11.6 Å². The number of rotatable bonds is 4. The molecule has 1 aliphatic carbocycles. The van der Waals surface area contributed by atoms with Crippen molar-refractivity contribution in [3.05, 3.63) is 11.4 Å². The van der Waals surface area contributed by atoms with Crippen molar-refractivity contribution in [3.8, 4) is 0 Å². The second kappa shape index (κ2) is 4.66. The van der Waals surface area contributed by atoms with Gasteiger partial charge in [-0.25, -0.2) is 9.97 Å². The van der Waals surface area contributed by atoms with Crippen molar-refractivity contribution in [2.24, 2.45) is 5.41 Å². The molecule has 0 bridgehead atoms. The largest absolute Gasteiger partial charge is 0.373 e. The molecule has 19 heavy (non-hydrogen) atoms. The molecule has 1 aromatic heterocycles. The highest BCUT2D eigenvalue weighted by Gasteiger charge is 2.37. The number of nitrogens with one attached hydrogen (secondary N) is 2. The molecule has 0 spiro atoms. The van der Waals surface area contributed by atoms with Gasteiger partial charge in [-0.05, 0) is 25.2 Å². The third-order valence-electron chi connectivity index (χ3n) is 3.84. The van der Waals surface area contributed by atoms with E-state index in [9.17, 15) is 0 Å². The number of nitrogens with zero attached hydrogens (tertiary/aromatic N) is 2. The molecule has 106 valence electrons. The first kappa shape index (κ1) is 14.1. The lowest BCUT2D eigenvalue weighted by atomic mass is 9.95. The molecular formula is C15H26N4. The summed E-state index contributed by atoms with van der Waals surface area (Å²) in [6, 6.07) is 0. The van der Waals surface area contributed by atoms with Crippen LogP contribution in [0.1, 0.15) is 51.9 Å². The molecule has 4 heteroatoms. The SMILES string of the molecule is CNc1nc(C(C)(C)C)nc(NCC2(C)CC2)c1C. The molecule has 0 aliphatic heterocycles. The zero-order valence-corrected chi connectivity index (χ0v) is 13.0. The van der Waals surface area contributed by atoms with Crippen LogP contribution in [0.5, 0.6) is 0 Å². The van der Waals surface area contributed by atoms with Crippen LogP contribution in [0.15, 0.2) is 0 Å². The van der Waals surface area contributed by atoms with Crippen LogP contribution in [0.25, 0.3) is 0 Å². The lowest BCUT2D eigenvalue weighted by Gasteiger charge is -2.21. The van der Waals surface area contributed by atoms with Crippen molar-refractivity contribution < 1.29 is 0 Å². The van der Waals surface area contributed by atoms with Gasteiger partial charge in [-0.3, -0.25) is 0 Å². The average molecular weight is 262 g/mol. The summed E-state index contributed by atoms with van der Waals surface area (Å²) in [6.45, 7) is 11.8. The highest BCUT2D eigenvalue weighted by Crippen LogP contribution is 2.44. The fraction of sp³-hybridized carbons (Fsp3) is 0.733. The molecule has 1 saturated carbocycles. The minimum atomic E-state index is -0.0424. The van der Waals surface area contributed by atoms with Gasteiger partial charge in [0.05, 0.1) is 0 Å². The maximum absolute atomic E-state index is 4.72. The van der Waals surface area contributed by atoms with Crippen molar-refractivity contribution in [3.63, 3.8) is 0 Å². The molecule has 0 saturated heterocycles. The third-order valence-corrected chi connectivity index (χ3v) is 3.84. The number of aromatic nitrogens is 2. The summed E-state index contributed by atoms with van der Waals surface area (Å²) < 4.78 is 0. The molecule has 0 atom stereocenters. The van der Waals surface area contributed by atoms with Crippen molar-refractivity contribution in [1.29, 1.82) is 0 Å². The van der Waals surface area contributed by atoms with E-state index in [0.717, 1.165) is 29.6 Å². The second-order valence-corrected chi connectivity index (χ2v) is 7.03. The molecule has 0 radical (unpaired) electrons. The van der Waals surface area contributed by atoms with E-state index in [0.29, 0.717) is 5.41 Å². The van der Waals surface area contributed by atoms with Crippen LogP contribution in [0, 0.1) is 12.3 Å². The zero-order valence-electron chi connectivity index (χ0n) is 13.0. The number of hydrogen-bond donors (Lipinski definition) is 2. The molecule has 2 rings (SSSR count). The van der Waals surface area contributed by atoms with Crippen LogP contribution in [-0.2, 0) is 5.41 Å². The molecule has 1 heterocycles. The van der Waals surface area contributed by atoms with Gasteiger partial charge in [0.1, 0.15) is 17.5 Å². The molecule has 0 aromatic carbocycles. The van der Waals surface area contributed by atoms with E-state index >= 15 is 0 Å². The van der Waals surface area contributed by atoms with Gasteiger partial charge in [0.25, 0.3) is 0 Å². The summed E-state index contributed by atoms with van der Waals surface area (Å²) in [5.41, 5.74) is 1.53. The first-order valence-corrected chi connectivity index (χ1v) is 7.06. The molecule has 4 nitrogen and oxygen atoms in total. The Bertz CT molecular complexity index is 470. The van der Waals surface area contributed by atoms with Crippen molar-refractivity contribution in [2.75, 3.05) is 24.2 Å². The Morgan fingerprint density at radius 2 is 1.74 bits per heavy atom. The Hall–Kier alpha value is -1.32. The van der Waals surface area contributed by atoms with E-state index in [1.54, 1.807) is 0 Å². The van der Waals surface area contributed by atoms with E-state index in [1.165, 1.54) is 12.8 Å².